The van der Waals surface area contributed by atoms with Crippen molar-refractivity contribution in [3.05, 3.63) is 44.3 Å². The first-order chi connectivity index (χ1) is 7.54. The van der Waals surface area contributed by atoms with Crippen LogP contribution in [-0.4, -0.2) is 0 Å². The first kappa shape index (κ1) is 12.1. The number of allylic oxidation sites excluding steroid dienone is 8. The van der Waals surface area contributed by atoms with Crippen LogP contribution in [-0.2, 0) is 17.1 Å². The van der Waals surface area contributed by atoms with Gasteiger partial charge in [-0.2, -0.15) is 0 Å². The second-order valence-corrected chi connectivity index (χ2v) is 8.18. The molecule has 0 nitrogen and oxygen atoms in total. The van der Waals surface area contributed by atoms with Crippen molar-refractivity contribution in [2.75, 3.05) is 0 Å². The zero-order valence-corrected chi connectivity index (χ0v) is 12.1. The molecule has 88 valence electrons. The van der Waals surface area contributed by atoms with Crippen molar-refractivity contribution in [3.63, 3.8) is 0 Å². The van der Waals surface area contributed by atoms with Crippen molar-refractivity contribution in [3.8, 4) is 0 Å². The van der Waals surface area contributed by atoms with Gasteiger partial charge in [0.15, 0.2) is 0 Å². The van der Waals surface area contributed by atoms with E-state index in [-0.39, 0.29) is 0 Å². The van der Waals surface area contributed by atoms with E-state index in [0.29, 0.717) is 22.5 Å². The zero-order valence-electron chi connectivity index (χ0n) is 10.4. The molecule has 0 saturated heterocycles. The van der Waals surface area contributed by atoms with E-state index < -0.39 is 0 Å². The molecule has 0 amide bonds. The Labute approximate surface area is 107 Å². The molecular weight excluding hydrogens is 281 g/mol. The van der Waals surface area contributed by atoms with Crippen LogP contribution in [0.2, 0.25) is 0 Å². The monoisotopic (exact) mass is 302 g/mol. The van der Waals surface area contributed by atoms with Crippen LogP contribution in [0.4, 0.5) is 0 Å². The van der Waals surface area contributed by atoms with Gasteiger partial charge in [0, 0.05) is 0 Å². The Morgan fingerprint density at radius 1 is 1.19 bits per heavy atom. The Morgan fingerprint density at radius 2 is 2.00 bits per heavy atom. The molecule has 0 radical (unpaired) electrons. The van der Waals surface area contributed by atoms with Crippen LogP contribution >= 0.6 is 0 Å². The third-order valence-corrected chi connectivity index (χ3v) is 5.25. The third kappa shape index (κ3) is 3.29. The summed E-state index contributed by atoms with van der Waals surface area (Å²) in [6.45, 7) is 6.99. The van der Waals surface area contributed by atoms with Gasteiger partial charge >= 0.3 is 107 Å². The molecule has 2 aliphatic carbocycles. The standard InChI is InChI=1S/C10H15.C5H5.Ru/c1-10(2,3)8-9-6-4-5-7-9;1-2-4-5-3-1;/h4,6H,5,8H2,1-3H3;1-3H,4H2;. The van der Waals surface area contributed by atoms with Crippen LogP contribution in [0.25, 0.3) is 0 Å². The van der Waals surface area contributed by atoms with Crippen molar-refractivity contribution < 1.29 is 17.1 Å². The fraction of sp³-hybridized carbons (Fsp3) is 0.467. The molecular formula is C15H20Ru. The number of hydrogen-bond acceptors (Lipinski definition) is 0. The summed E-state index contributed by atoms with van der Waals surface area (Å²) in [7, 11) is 0. The van der Waals surface area contributed by atoms with Gasteiger partial charge < -0.3 is 0 Å². The first-order valence-corrected chi connectivity index (χ1v) is 7.65. The van der Waals surface area contributed by atoms with Crippen molar-refractivity contribution in [1.29, 1.82) is 0 Å². The Morgan fingerprint density at radius 3 is 2.62 bits per heavy atom. The second kappa shape index (κ2) is 4.84. The Balaban J connectivity index is 2.04. The summed E-state index contributed by atoms with van der Waals surface area (Å²) in [6, 6.07) is 0. The summed E-state index contributed by atoms with van der Waals surface area (Å²) in [4.78, 5) is 0. The number of hydrogen-bond donors (Lipinski definition) is 0. The average Bonchev–Trinajstić information content (AvgIpc) is 2.77. The van der Waals surface area contributed by atoms with Crippen LogP contribution in [0, 0.1) is 5.41 Å². The van der Waals surface area contributed by atoms with E-state index in [2.05, 4.69) is 51.2 Å². The summed E-state index contributed by atoms with van der Waals surface area (Å²) < 4.78 is 3.40. The molecule has 0 aliphatic heterocycles. The summed E-state index contributed by atoms with van der Waals surface area (Å²) in [5.74, 6) is 0. The SMILES string of the molecule is CC(C)(C)CC1=[C]([Ru][C]2=CC=CC2)CC=C1. The molecule has 0 heterocycles. The van der Waals surface area contributed by atoms with Gasteiger partial charge in [-0.1, -0.05) is 0 Å². The molecule has 2 aliphatic rings. The molecule has 0 unspecified atom stereocenters. The Kier molecular flexibility index (Phi) is 3.64. The van der Waals surface area contributed by atoms with Crippen molar-refractivity contribution in [2.45, 2.75) is 40.0 Å². The fourth-order valence-electron chi connectivity index (χ4n) is 1.96. The van der Waals surface area contributed by atoms with Gasteiger partial charge in [-0.05, 0) is 0 Å². The van der Waals surface area contributed by atoms with Crippen molar-refractivity contribution in [2.24, 2.45) is 5.41 Å². The van der Waals surface area contributed by atoms with E-state index in [0.717, 1.165) is 0 Å². The van der Waals surface area contributed by atoms with Gasteiger partial charge in [0.25, 0.3) is 0 Å². The van der Waals surface area contributed by atoms with E-state index in [9.17, 15) is 0 Å². The van der Waals surface area contributed by atoms with Gasteiger partial charge in [0.2, 0.25) is 0 Å². The summed E-state index contributed by atoms with van der Waals surface area (Å²) >= 11 is 0.329. The summed E-state index contributed by atoms with van der Waals surface area (Å²) in [5, 5.41) is 0. The van der Waals surface area contributed by atoms with Crippen LogP contribution in [0.3, 0.4) is 0 Å². The molecule has 1 heteroatoms. The van der Waals surface area contributed by atoms with E-state index >= 15 is 0 Å². The predicted molar refractivity (Wildman–Crippen MR) is 66.7 cm³/mol. The summed E-state index contributed by atoms with van der Waals surface area (Å²) in [6.07, 6.45) is 15.1. The van der Waals surface area contributed by atoms with E-state index in [4.69, 9.17) is 0 Å². The number of rotatable bonds is 3. The second-order valence-electron chi connectivity index (χ2n) is 5.58. The van der Waals surface area contributed by atoms with Gasteiger partial charge in [-0.15, -0.1) is 0 Å². The van der Waals surface area contributed by atoms with E-state index in [1.807, 2.05) is 0 Å². The molecule has 0 spiro atoms. The maximum absolute atomic E-state index is 2.36. The molecule has 16 heavy (non-hydrogen) atoms. The van der Waals surface area contributed by atoms with Crippen LogP contribution in [0.5, 0.6) is 0 Å². The van der Waals surface area contributed by atoms with Gasteiger partial charge in [-0.3, -0.25) is 0 Å². The molecule has 0 fully saturated rings. The van der Waals surface area contributed by atoms with Crippen LogP contribution < -0.4 is 0 Å². The van der Waals surface area contributed by atoms with Gasteiger partial charge in [0.1, 0.15) is 0 Å². The topological polar surface area (TPSA) is 0 Å². The average molecular weight is 301 g/mol. The minimum absolute atomic E-state index is 0.329. The summed E-state index contributed by atoms with van der Waals surface area (Å²) in [5.41, 5.74) is 2.04. The van der Waals surface area contributed by atoms with Crippen molar-refractivity contribution >= 4 is 0 Å². The third-order valence-electron chi connectivity index (χ3n) is 2.61. The van der Waals surface area contributed by atoms with Gasteiger partial charge in [0.05, 0.1) is 0 Å². The minimum atomic E-state index is 0.329. The van der Waals surface area contributed by atoms with Crippen LogP contribution in [0.15, 0.2) is 44.3 Å². The molecule has 0 aromatic carbocycles. The Bertz CT molecular complexity index is 386. The van der Waals surface area contributed by atoms with Gasteiger partial charge in [-0.25, -0.2) is 0 Å². The molecule has 0 aromatic rings. The molecule has 2 rings (SSSR count). The maximum atomic E-state index is 2.36. The zero-order chi connectivity index (χ0) is 11.6. The van der Waals surface area contributed by atoms with Crippen molar-refractivity contribution in [1.82, 2.24) is 0 Å². The molecule has 0 aromatic heterocycles. The molecule has 0 bridgehead atoms. The molecule has 0 N–H and O–H groups in total. The van der Waals surface area contributed by atoms with E-state index in [1.54, 1.807) is 13.9 Å². The Hall–Kier alpha value is -0.417. The first-order valence-electron chi connectivity index (χ1n) is 5.91. The molecule has 0 atom stereocenters. The predicted octanol–water partition coefficient (Wildman–Crippen LogP) is 4.56. The van der Waals surface area contributed by atoms with E-state index in [1.165, 1.54) is 19.3 Å². The quantitative estimate of drug-likeness (QED) is 0.670. The van der Waals surface area contributed by atoms with Crippen LogP contribution in [0.1, 0.15) is 40.0 Å². The molecule has 0 saturated carbocycles. The fourth-order valence-corrected chi connectivity index (χ4v) is 4.28. The normalized spacial score (nSPS) is 20.1.